The highest BCUT2D eigenvalue weighted by Crippen LogP contribution is 2.22. The Morgan fingerprint density at radius 3 is 2.30 bits per heavy atom. The van der Waals surface area contributed by atoms with E-state index in [2.05, 4.69) is 10.9 Å². The molecule has 120 valence electrons. The Kier molecular flexibility index (Phi) is 4.70. The number of hydrazine groups is 1. The summed E-state index contributed by atoms with van der Waals surface area (Å²) in [4.78, 5) is 25.8. The number of rotatable bonds is 3. The summed E-state index contributed by atoms with van der Waals surface area (Å²) >= 11 is 0. The third-order valence-electron chi connectivity index (χ3n) is 3.14. The largest absolute Gasteiger partial charge is 0.508 e. The molecule has 0 spiro atoms. The number of benzene rings is 2. The zero-order valence-electron chi connectivity index (χ0n) is 12.7. The topological polar surface area (TPSA) is 102 Å². The van der Waals surface area contributed by atoms with Gasteiger partial charge >= 0.3 is 0 Å². The lowest BCUT2D eigenvalue weighted by Crippen LogP contribution is -2.41. The first-order valence-corrected chi connectivity index (χ1v) is 6.78. The van der Waals surface area contributed by atoms with Crippen LogP contribution in [0.1, 0.15) is 20.7 Å². The molecule has 2 aromatic carbocycles. The van der Waals surface area contributed by atoms with Gasteiger partial charge in [0.05, 0.1) is 5.56 Å². The van der Waals surface area contributed by atoms with Gasteiger partial charge in [0.25, 0.3) is 11.8 Å². The maximum Gasteiger partial charge on any atom is 0.273 e. The lowest BCUT2D eigenvalue weighted by molar-refractivity contribution is 0.0845. The lowest BCUT2D eigenvalue weighted by atomic mass is 10.2. The first-order valence-electron chi connectivity index (χ1n) is 6.78. The number of carbonyl (C=O) groups is 2. The zero-order chi connectivity index (χ0) is 17.0. The molecule has 7 nitrogen and oxygen atoms in total. The molecule has 0 saturated heterocycles. The van der Waals surface area contributed by atoms with Gasteiger partial charge in [-0.05, 0) is 30.3 Å². The van der Waals surface area contributed by atoms with Crippen molar-refractivity contribution in [1.29, 1.82) is 0 Å². The summed E-state index contributed by atoms with van der Waals surface area (Å²) in [6.45, 7) is 0. The molecule has 2 aromatic rings. The fourth-order valence-corrected chi connectivity index (χ4v) is 1.89. The highest BCUT2D eigenvalue weighted by molar-refractivity contribution is 6.00. The van der Waals surface area contributed by atoms with Gasteiger partial charge in [-0.1, -0.05) is 6.07 Å². The average molecular weight is 315 g/mol. The summed E-state index contributed by atoms with van der Waals surface area (Å²) in [6, 6.07) is 10.4. The molecule has 0 radical (unpaired) electrons. The molecule has 0 aliphatic heterocycles. The number of hydrogen-bond donors (Lipinski definition) is 4. The van der Waals surface area contributed by atoms with E-state index in [-0.39, 0.29) is 17.1 Å². The summed E-state index contributed by atoms with van der Waals surface area (Å²) < 4.78 is 0. The number of amides is 2. The van der Waals surface area contributed by atoms with E-state index in [4.69, 9.17) is 0 Å². The fraction of sp³-hybridized carbons (Fsp3) is 0.125. The van der Waals surface area contributed by atoms with Gasteiger partial charge in [-0.3, -0.25) is 20.4 Å². The highest BCUT2D eigenvalue weighted by Gasteiger charge is 2.13. The number of phenols is 2. The summed E-state index contributed by atoms with van der Waals surface area (Å²) in [5, 5.41) is 18.8. The van der Waals surface area contributed by atoms with Crippen molar-refractivity contribution >= 4 is 17.5 Å². The molecule has 0 heterocycles. The van der Waals surface area contributed by atoms with E-state index in [0.29, 0.717) is 5.56 Å². The summed E-state index contributed by atoms with van der Waals surface area (Å²) in [7, 11) is 3.71. The van der Waals surface area contributed by atoms with Crippen molar-refractivity contribution in [3.8, 4) is 11.5 Å². The highest BCUT2D eigenvalue weighted by atomic mass is 16.3. The number of phenolic OH excluding ortho intramolecular Hbond substituents is 2. The quantitative estimate of drug-likeness (QED) is 0.638. The summed E-state index contributed by atoms with van der Waals surface area (Å²) in [5.74, 6) is -1.73. The maximum absolute atomic E-state index is 12.0. The van der Waals surface area contributed by atoms with Crippen molar-refractivity contribution < 1.29 is 19.8 Å². The Labute approximate surface area is 133 Å². The second kappa shape index (κ2) is 6.69. The molecular weight excluding hydrogens is 298 g/mol. The molecule has 0 aromatic heterocycles. The first-order chi connectivity index (χ1) is 10.9. The van der Waals surface area contributed by atoms with E-state index in [1.807, 2.05) is 25.1 Å². The Hall–Kier alpha value is -3.22. The number of carbonyl (C=O) groups excluding carboxylic acids is 2. The smallest absolute Gasteiger partial charge is 0.273 e. The molecule has 0 aliphatic carbocycles. The third-order valence-corrected chi connectivity index (χ3v) is 3.14. The van der Waals surface area contributed by atoms with E-state index in [1.165, 1.54) is 12.1 Å². The lowest BCUT2D eigenvalue weighted by Gasteiger charge is -2.14. The molecule has 0 aliphatic rings. The van der Waals surface area contributed by atoms with Crippen molar-refractivity contribution in [2.45, 2.75) is 0 Å². The van der Waals surface area contributed by atoms with Gasteiger partial charge in [-0.25, -0.2) is 0 Å². The Morgan fingerprint density at radius 2 is 1.65 bits per heavy atom. The molecule has 23 heavy (non-hydrogen) atoms. The van der Waals surface area contributed by atoms with Crippen molar-refractivity contribution in [2.24, 2.45) is 0 Å². The standard InChI is InChI=1S/C16H17N3O4/c1-19(2)11-5-3-4-10(8-11)15(22)17-18-16(23)13-7-6-12(20)9-14(13)21/h3-9,20-21H,1-2H3,(H,17,22)(H,18,23). The number of nitrogens with zero attached hydrogens (tertiary/aromatic N) is 1. The molecule has 2 rings (SSSR count). The summed E-state index contributed by atoms with van der Waals surface area (Å²) in [5.41, 5.74) is 5.65. The van der Waals surface area contributed by atoms with Crippen LogP contribution in [0.4, 0.5) is 5.69 Å². The van der Waals surface area contributed by atoms with Crippen LogP contribution >= 0.6 is 0 Å². The second-order valence-corrected chi connectivity index (χ2v) is 5.05. The minimum Gasteiger partial charge on any atom is -0.508 e. The predicted molar refractivity (Wildman–Crippen MR) is 85.5 cm³/mol. The average Bonchev–Trinajstić information content (AvgIpc) is 2.52. The van der Waals surface area contributed by atoms with Crippen molar-refractivity contribution in [3.63, 3.8) is 0 Å². The van der Waals surface area contributed by atoms with Gasteiger partial charge in [0, 0.05) is 31.4 Å². The maximum atomic E-state index is 12.0. The van der Waals surface area contributed by atoms with E-state index in [0.717, 1.165) is 11.8 Å². The molecule has 0 fully saturated rings. The van der Waals surface area contributed by atoms with Crippen LogP contribution in [-0.4, -0.2) is 36.1 Å². The van der Waals surface area contributed by atoms with Crippen LogP contribution in [-0.2, 0) is 0 Å². The van der Waals surface area contributed by atoms with Gasteiger partial charge in [0.15, 0.2) is 0 Å². The van der Waals surface area contributed by atoms with Gasteiger partial charge in [-0.2, -0.15) is 0 Å². The monoisotopic (exact) mass is 315 g/mol. The molecule has 0 bridgehead atoms. The molecule has 2 amide bonds. The van der Waals surface area contributed by atoms with Crippen molar-refractivity contribution in [2.75, 3.05) is 19.0 Å². The van der Waals surface area contributed by atoms with Crippen LogP contribution in [0.25, 0.3) is 0 Å². The van der Waals surface area contributed by atoms with Gasteiger partial charge in [0.2, 0.25) is 0 Å². The van der Waals surface area contributed by atoms with Crippen LogP contribution < -0.4 is 15.8 Å². The first kappa shape index (κ1) is 16.2. The van der Waals surface area contributed by atoms with Crippen molar-refractivity contribution in [3.05, 3.63) is 53.6 Å². The predicted octanol–water partition coefficient (Wildman–Crippen LogP) is 1.24. The van der Waals surface area contributed by atoms with Crippen LogP contribution in [0.3, 0.4) is 0 Å². The third kappa shape index (κ3) is 3.91. The second-order valence-electron chi connectivity index (χ2n) is 5.05. The Balaban J connectivity index is 2.04. The Bertz CT molecular complexity index is 744. The van der Waals surface area contributed by atoms with E-state index in [1.54, 1.807) is 18.2 Å². The van der Waals surface area contributed by atoms with E-state index < -0.39 is 11.8 Å². The molecule has 7 heteroatoms. The molecule has 0 unspecified atom stereocenters. The molecular formula is C16H17N3O4. The zero-order valence-corrected chi connectivity index (χ0v) is 12.7. The van der Waals surface area contributed by atoms with E-state index >= 15 is 0 Å². The van der Waals surface area contributed by atoms with Crippen LogP contribution in [0.15, 0.2) is 42.5 Å². The molecule has 0 saturated carbocycles. The van der Waals surface area contributed by atoms with E-state index in [9.17, 15) is 19.8 Å². The fourth-order valence-electron chi connectivity index (χ4n) is 1.89. The molecule has 4 N–H and O–H groups in total. The number of hydrogen-bond acceptors (Lipinski definition) is 5. The number of aromatic hydroxyl groups is 2. The number of nitrogens with one attached hydrogen (secondary N) is 2. The van der Waals surface area contributed by atoms with Crippen LogP contribution in [0.2, 0.25) is 0 Å². The van der Waals surface area contributed by atoms with Crippen LogP contribution in [0, 0.1) is 0 Å². The van der Waals surface area contributed by atoms with Gasteiger partial charge in [0.1, 0.15) is 11.5 Å². The molecule has 0 atom stereocenters. The minimum atomic E-state index is -0.695. The summed E-state index contributed by atoms with van der Waals surface area (Å²) in [6.07, 6.45) is 0. The van der Waals surface area contributed by atoms with Gasteiger partial charge in [-0.15, -0.1) is 0 Å². The van der Waals surface area contributed by atoms with Crippen LogP contribution in [0.5, 0.6) is 11.5 Å². The Morgan fingerprint density at radius 1 is 0.957 bits per heavy atom. The normalized spacial score (nSPS) is 10.0. The number of anilines is 1. The SMILES string of the molecule is CN(C)c1cccc(C(=O)NNC(=O)c2ccc(O)cc2O)c1. The van der Waals surface area contributed by atoms with Crippen molar-refractivity contribution in [1.82, 2.24) is 10.9 Å². The minimum absolute atomic E-state index is 0.0647. The van der Waals surface area contributed by atoms with Gasteiger partial charge < -0.3 is 15.1 Å².